The first-order valence-electron chi connectivity index (χ1n) is 12.0. The summed E-state index contributed by atoms with van der Waals surface area (Å²) in [4.78, 5) is 19.5. The molecule has 0 radical (unpaired) electrons. The molecule has 0 atom stereocenters. The summed E-state index contributed by atoms with van der Waals surface area (Å²) in [7, 11) is 0. The molecule has 1 aromatic carbocycles. The zero-order chi connectivity index (χ0) is 24.0. The van der Waals surface area contributed by atoms with Gasteiger partial charge in [-0.25, -0.2) is 0 Å². The van der Waals surface area contributed by atoms with Gasteiger partial charge in [-0.1, -0.05) is 48.7 Å². The maximum absolute atomic E-state index is 10.6. The van der Waals surface area contributed by atoms with E-state index >= 15 is 0 Å². The fraction of sp³-hybridized carbons (Fsp3) is 0.346. The van der Waals surface area contributed by atoms with Crippen LogP contribution in [-0.2, 0) is 11.3 Å². The number of hydrogen-bond donors (Lipinski definition) is 2. The number of pyridine rings is 1. The lowest BCUT2D eigenvalue weighted by atomic mass is 9.95. The van der Waals surface area contributed by atoms with Crippen LogP contribution in [0.5, 0.6) is 0 Å². The Morgan fingerprint density at radius 1 is 1.06 bits per heavy atom. The molecule has 0 spiro atoms. The van der Waals surface area contributed by atoms with E-state index in [4.69, 9.17) is 19.7 Å². The average Bonchev–Trinajstić information content (AvgIpc) is 3.56. The molecule has 5 rings (SSSR count). The Balaban J connectivity index is 1.38. The summed E-state index contributed by atoms with van der Waals surface area (Å²) in [5, 5.41) is 20.8. The first-order chi connectivity index (χ1) is 17.2. The lowest BCUT2D eigenvalue weighted by molar-refractivity contribution is -0.136. The van der Waals surface area contributed by atoms with Crippen molar-refractivity contribution in [2.45, 2.75) is 51.1 Å². The second-order valence-corrected chi connectivity index (χ2v) is 8.82. The van der Waals surface area contributed by atoms with Gasteiger partial charge in [0.15, 0.2) is 0 Å². The highest BCUT2D eigenvalue weighted by Gasteiger charge is 2.25. The highest BCUT2D eigenvalue weighted by molar-refractivity contribution is 5.77. The zero-order valence-electron chi connectivity index (χ0n) is 19.4. The number of aliphatic carboxylic acids is 1. The number of nitrogens with zero attached hydrogens (tertiary/aromatic N) is 5. The van der Waals surface area contributed by atoms with Gasteiger partial charge in [-0.2, -0.15) is 10.1 Å². The molecule has 1 saturated carbocycles. The number of nitrogens with one attached hydrogen (secondary N) is 1. The van der Waals surface area contributed by atoms with Gasteiger partial charge in [-0.05, 0) is 30.5 Å². The molecule has 0 bridgehead atoms. The SMILES string of the molecule is O=C(O)CCNCc1ccc(-c2noc(-c3cnn(C4CCCCC4)c3-c3ccncc3)n2)cc1. The monoisotopic (exact) mass is 472 g/mol. The van der Waals surface area contributed by atoms with Crippen LogP contribution in [-0.4, -0.2) is 42.5 Å². The van der Waals surface area contributed by atoms with Crippen molar-refractivity contribution in [3.05, 3.63) is 60.6 Å². The minimum atomic E-state index is -0.808. The van der Waals surface area contributed by atoms with E-state index in [1.54, 1.807) is 12.4 Å². The second-order valence-electron chi connectivity index (χ2n) is 8.82. The number of carbonyl (C=O) groups is 1. The zero-order valence-corrected chi connectivity index (χ0v) is 19.4. The maximum atomic E-state index is 10.6. The molecular formula is C26H28N6O3. The van der Waals surface area contributed by atoms with Crippen LogP contribution >= 0.6 is 0 Å². The highest BCUT2D eigenvalue weighted by Crippen LogP contribution is 2.37. The molecule has 3 aromatic heterocycles. The molecule has 4 aromatic rings. The van der Waals surface area contributed by atoms with Crippen LogP contribution < -0.4 is 5.32 Å². The Labute approximate surface area is 203 Å². The Morgan fingerprint density at radius 2 is 1.83 bits per heavy atom. The predicted molar refractivity (Wildman–Crippen MR) is 130 cm³/mol. The lowest BCUT2D eigenvalue weighted by Gasteiger charge is -2.24. The van der Waals surface area contributed by atoms with Crippen LogP contribution in [0.2, 0.25) is 0 Å². The quantitative estimate of drug-likeness (QED) is 0.336. The summed E-state index contributed by atoms with van der Waals surface area (Å²) in [5.41, 5.74) is 4.73. The molecule has 9 heteroatoms. The fourth-order valence-electron chi connectivity index (χ4n) is 4.57. The van der Waals surface area contributed by atoms with Crippen molar-refractivity contribution in [1.82, 2.24) is 30.2 Å². The smallest absolute Gasteiger partial charge is 0.304 e. The molecule has 9 nitrogen and oxygen atoms in total. The molecule has 1 fully saturated rings. The van der Waals surface area contributed by atoms with Crippen LogP contribution in [0.25, 0.3) is 34.1 Å². The number of carboxylic acid groups (broad SMARTS) is 1. The van der Waals surface area contributed by atoms with Gasteiger partial charge in [0.2, 0.25) is 5.82 Å². The van der Waals surface area contributed by atoms with E-state index in [-0.39, 0.29) is 6.42 Å². The predicted octanol–water partition coefficient (Wildman–Crippen LogP) is 4.73. The van der Waals surface area contributed by atoms with Crippen molar-refractivity contribution >= 4 is 5.97 Å². The Morgan fingerprint density at radius 3 is 2.57 bits per heavy atom. The summed E-state index contributed by atoms with van der Waals surface area (Å²) in [6, 6.07) is 12.2. The van der Waals surface area contributed by atoms with Crippen LogP contribution in [0.15, 0.2) is 59.5 Å². The third-order valence-electron chi connectivity index (χ3n) is 6.38. The third kappa shape index (κ3) is 5.30. The highest BCUT2D eigenvalue weighted by atomic mass is 16.5. The third-order valence-corrected chi connectivity index (χ3v) is 6.38. The normalized spacial score (nSPS) is 14.3. The molecule has 1 aliphatic rings. The topological polar surface area (TPSA) is 119 Å². The Hall–Kier alpha value is -3.85. The molecule has 3 heterocycles. The van der Waals surface area contributed by atoms with E-state index in [1.807, 2.05) is 42.6 Å². The van der Waals surface area contributed by atoms with E-state index in [0.29, 0.717) is 30.8 Å². The number of carboxylic acids is 1. The maximum Gasteiger partial charge on any atom is 0.304 e. The first-order valence-corrected chi connectivity index (χ1v) is 12.0. The summed E-state index contributed by atoms with van der Waals surface area (Å²) in [6.07, 6.45) is 11.4. The van der Waals surface area contributed by atoms with E-state index in [2.05, 4.69) is 20.1 Å². The van der Waals surface area contributed by atoms with Crippen LogP contribution in [0.3, 0.4) is 0 Å². The van der Waals surface area contributed by atoms with Crippen LogP contribution in [0.4, 0.5) is 0 Å². The first kappa shape index (κ1) is 22.9. The van der Waals surface area contributed by atoms with Crippen LogP contribution in [0.1, 0.15) is 50.1 Å². The van der Waals surface area contributed by atoms with Gasteiger partial charge in [0.1, 0.15) is 0 Å². The van der Waals surface area contributed by atoms with Crippen molar-refractivity contribution in [3.63, 3.8) is 0 Å². The molecule has 0 aliphatic heterocycles. The average molecular weight is 473 g/mol. The molecule has 0 saturated heterocycles. The molecule has 1 aliphatic carbocycles. The lowest BCUT2D eigenvalue weighted by Crippen LogP contribution is -2.17. The molecule has 0 amide bonds. The number of benzene rings is 1. The summed E-state index contributed by atoms with van der Waals surface area (Å²) in [6.45, 7) is 1.03. The van der Waals surface area contributed by atoms with Gasteiger partial charge in [-0.15, -0.1) is 0 Å². The van der Waals surface area contributed by atoms with E-state index < -0.39 is 5.97 Å². The van der Waals surface area contributed by atoms with Crippen molar-refractivity contribution in [2.24, 2.45) is 0 Å². The van der Waals surface area contributed by atoms with E-state index in [0.717, 1.165) is 40.8 Å². The standard InChI is InChI=1S/C26H28N6O3/c33-23(34)12-15-28-16-18-6-8-20(9-7-18)25-30-26(35-31-25)22-17-29-32(21-4-2-1-3-5-21)24(22)19-10-13-27-14-11-19/h6-11,13-14,17,21,28H,1-5,12,15-16H2,(H,33,34). The van der Waals surface area contributed by atoms with E-state index in [1.165, 1.54) is 19.3 Å². The minimum Gasteiger partial charge on any atom is -0.481 e. The fourth-order valence-corrected chi connectivity index (χ4v) is 4.57. The molecular weight excluding hydrogens is 444 g/mol. The summed E-state index contributed by atoms with van der Waals surface area (Å²) >= 11 is 0. The Kier molecular flexibility index (Phi) is 6.94. The van der Waals surface area contributed by atoms with Crippen molar-refractivity contribution in [2.75, 3.05) is 6.54 Å². The van der Waals surface area contributed by atoms with Gasteiger partial charge in [0, 0.05) is 36.6 Å². The van der Waals surface area contributed by atoms with Gasteiger partial charge in [0.05, 0.1) is 29.9 Å². The van der Waals surface area contributed by atoms with Crippen molar-refractivity contribution in [1.29, 1.82) is 0 Å². The number of aromatic nitrogens is 5. The minimum absolute atomic E-state index is 0.0997. The second kappa shape index (κ2) is 10.6. The van der Waals surface area contributed by atoms with E-state index in [9.17, 15) is 4.79 Å². The molecule has 2 N–H and O–H groups in total. The number of hydrogen-bond acceptors (Lipinski definition) is 7. The molecule has 180 valence electrons. The number of rotatable bonds is 9. The van der Waals surface area contributed by atoms with Gasteiger partial charge >= 0.3 is 5.97 Å². The Bertz CT molecular complexity index is 1260. The van der Waals surface area contributed by atoms with Gasteiger partial charge in [-0.3, -0.25) is 14.5 Å². The largest absolute Gasteiger partial charge is 0.481 e. The van der Waals surface area contributed by atoms with Crippen molar-refractivity contribution < 1.29 is 14.4 Å². The van der Waals surface area contributed by atoms with Gasteiger partial charge in [0.25, 0.3) is 5.89 Å². The van der Waals surface area contributed by atoms with Crippen LogP contribution in [0, 0.1) is 0 Å². The molecule has 0 unspecified atom stereocenters. The van der Waals surface area contributed by atoms with Gasteiger partial charge < -0.3 is 14.9 Å². The molecule has 35 heavy (non-hydrogen) atoms. The summed E-state index contributed by atoms with van der Waals surface area (Å²) < 4.78 is 7.83. The van der Waals surface area contributed by atoms with Crippen molar-refractivity contribution in [3.8, 4) is 34.1 Å². The summed E-state index contributed by atoms with van der Waals surface area (Å²) in [5.74, 6) is 0.141.